The predicted molar refractivity (Wildman–Crippen MR) is 78.5 cm³/mol. The number of thiocarbonyl (C=S) groups is 1. The van der Waals surface area contributed by atoms with E-state index in [0.717, 1.165) is 11.1 Å². The highest BCUT2D eigenvalue weighted by molar-refractivity contribution is 7.80. The van der Waals surface area contributed by atoms with Gasteiger partial charge in [-0.05, 0) is 25.0 Å². The molecule has 0 spiro atoms. The first-order chi connectivity index (χ1) is 8.54. The number of aryl methyl sites for hydroxylation is 1. The molecule has 0 atom stereocenters. The standard InChI is InChI=1S/C14H20N2OS/c1-3-16(9-8-13(15)18)14(17)10-12-7-5-4-6-11(12)2/h4-7H,3,8-10H2,1-2H3,(H2,15,18). The summed E-state index contributed by atoms with van der Waals surface area (Å²) in [7, 11) is 0. The van der Waals surface area contributed by atoms with E-state index in [1.54, 1.807) is 4.90 Å². The zero-order chi connectivity index (χ0) is 13.5. The smallest absolute Gasteiger partial charge is 0.227 e. The van der Waals surface area contributed by atoms with Gasteiger partial charge in [0.1, 0.15) is 0 Å². The SMILES string of the molecule is CCN(CCC(N)=S)C(=O)Cc1ccccc1C. The van der Waals surface area contributed by atoms with E-state index in [-0.39, 0.29) is 5.91 Å². The molecule has 0 unspecified atom stereocenters. The lowest BCUT2D eigenvalue weighted by Gasteiger charge is -2.21. The molecule has 0 aromatic heterocycles. The van der Waals surface area contributed by atoms with Gasteiger partial charge in [0.2, 0.25) is 5.91 Å². The second-order valence-corrected chi connectivity index (χ2v) is 4.82. The molecule has 18 heavy (non-hydrogen) atoms. The van der Waals surface area contributed by atoms with Crippen LogP contribution in [0, 0.1) is 6.92 Å². The Labute approximate surface area is 114 Å². The maximum atomic E-state index is 12.2. The van der Waals surface area contributed by atoms with Crippen LogP contribution in [-0.4, -0.2) is 28.9 Å². The summed E-state index contributed by atoms with van der Waals surface area (Å²) in [6.07, 6.45) is 1.03. The van der Waals surface area contributed by atoms with E-state index in [4.69, 9.17) is 18.0 Å². The fraction of sp³-hybridized carbons (Fsp3) is 0.429. The van der Waals surface area contributed by atoms with Crippen molar-refractivity contribution in [2.75, 3.05) is 13.1 Å². The van der Waals surface area contributed by atoms with Crippen molar-refractivity contribution < 1.29 is 4.79 Å². The van der Waals surface area contributed by atoms with Crippen molar-refractivity contribution in [1.29, 1.82) is 0 Å². The van der Waals surface area contributed by atoms with Crippen LogP contribution in [0.2, 0.25) is 0 Å². The summed E-state index contributed by atoms with van der Waals surface area (Å²) in [5.41, 5.74) is 7.69. The second-order valence-electron chi connectivity index (χ2n) is 4.29. The summed E-state index contributed by atoms with van der Waals surface area (Å²) in [6.45, 7) is 5.28. The van der Waals surface area contributed by atoms with E-state index in [1.165, 1.54) is 0 Å². The second kappa shape index (κ2) is 7.11. The molecule has 4 heteroatoms. The van der Waals surface area contributed by atoms with Gasteiger partial charge in [0.25, 0.3) is 0 Å². The Kier molecular flexibility index (Phi) is 5.78. The maximum absolute atomic E-state index is 12.2. The minimum atomic E-state index is 0.128. The molecule has 1 rings (SSSR count). The lowest BCUT2D eigenvalue weighted by atomic mass is 10.1. The lowest BCUT2D eigenvalue weighted by Crippen LogP contribution is -2.34. The largest absolute Gasteiger partial charge is 0.393 e. The maximum Gasteiger partial charge on any atom is 0.227 e. The Morgan fingerprint density at radius 3 is 2.61 bits per heavy atom. The van der Waals surface area contributed by atoms with Crippen molar-refractivity contribution >= 4 is 23.1 Å². The lowest BCUT2D eigenvalue weighted by molar-refractivity contribution is -0.130. The number of nitrogens with two attached hydrogens (primary N) is 1. The van der Waals surface area contributed by atoms with Gasteiger partial charge in [-0.25, -0.2) is 0 Å². The van der Waals surface area contributed by atoms with Gasteiger partial charge in [-0.15, -0.1) is 0 Å². The first-order valence-corrected chi connectivity index (χ1v) is 6.56. The molecule has 0 aliphatic heterocycles. The summed E-state index contributed by atoms with van der Waals surface area (Å²) in [6, 6.07) is 7.96. The summed E-state index contributed by atoms with van der Waals surface area (Å²) in [5.74, 6) is 0.128. The monoisotopic (exact) mass is 264 g/mol. The molecule has 98 valence electrons. The first kappa shape index (κ1) is 14.6. The van der Waals surface area contributed by atoms with Crippen LogP contribution in [0.25, 0.3) is 0 Å². The molecule has 1 amide bonds. The molecular weight excluding hydrogens is 244 g/mol. The zero-order valence-corrected chi connectivity index (χ0v) is 11.8. The van der Waals surface area contributed by atoms with Crippen molar-refractivity contribution in [2.45, 2.75) is 26.7 Å². The first-order valence-electron chi connectivity index (χ1n) is 6.15. The zero-order valence-electron chi connectivity index (χ0n) is 11.0. The Morgan fingerprint density at radius 1 is 1.39 bits per heavy atom. The van der Waals surface area contributed by atoms with E-state index in [9.17, 15) is 4.79 Å². The van der Waals surface area contributed by atoms with E-state index < -0.39 is 0 Å². The van der Waals surface area contributed by atoms with E-state index in [2.05, 4.69) is 0 Å². The minimum absolute atomic E-state index is 0.128. The van der Waals surface area contributed by atoms with Crippen molar-refractivity contribution in [2.24, 2.45) is 5.73 Å². The van der Waals surface area contributed by atoms with Crippen LogP contribution in [0.5, 0.6) is 0 Å². The summed E-state index contributed by atoms with van der Waals surface area (Å²) >= 11 is 4.84. The van der Waals surface area contributed by atoms with Crippen LogP contribution < -0.4 is 5.73 Å². The molecule has 0 bridgehead atoms. The van der Waals surface area contributed by atoms with Crippen LogP contribution in [-0.2, 0) is 11.2 Å². The van der Waals surface area contributed by atoms with E-state index >= 15 is 0 Å². The molecule has 0 saturated heterocycles. The molecule has 0 aliphatic rings. The van der Waals surface area contributed by atoms with Gasteiger partial charge in [0, 0.05) is 19.5 Å². The number of likely N-dealkylation sites (N-methyl/N-ethyl adjacent to an activating group) is 1. The number of carbonyl (C=O) groups excluding carboxylic acids is 1. The number of carbonyl (C=O) groups is 1. The van der Waals surface area contributed by atoms with Crippen molar-refractivity contribution in [1.82, 2.24) is 4.90 Å². The van der Waals surface area contributed by atoms with Gasteiger partial charge in [0.05, 0.1) is 11.4 Å². The Morgan fingerprint density at radius 2 is 2.06 bits per heavy atom. The Balaban J connectivity index is 2.62. The fourth-order valence-corrected chi connectivity index (χ4v) is 1.88. The highest BCUT2D eigenvalue weighted by Crippen LogP contribution is 2.09. The van der Waals surface area contributed by atoms with Crippen LogP contribution in [0.3, 0.4) is 0 Å². The van der Waals surface area contributed by atoms with Gasteiger partial charge in [-0.2, -0.15) is 0 Å². The molecule has 0 heterocycles. The Bertz CT molecular complexity index is 432. The number of hydrogen-bond donors (Lipinski definition) is 1. The number of amides is 1. The number of rotatable bonds is 6. The van der Waals surface area contributed by atoms with Gasteiger partial charge < -0.3 is 10.6 Å². The third kappa shape index (κ3) is 4.45. The normalized spacial score (nSPS) is 10.1. The molecule has 2 N–H and O–H groups in total. The molecule has 1 aromatic rings. The average molecular weight is 264 g/mol. The van der Waals surface area contributed by atoms with Crippen LogP contribution in [0.15, 0.2) is 24.3 Å². The van der Waals surface area contributed by atoms with Crippen molar-refractivity contribution in [3.8, 4) is 0 Å². The molecule has 0 aliphatic carbocycles. The number of nitrogens with zero attached hydrogens (tertiary/aromatic N) is 1. The quantitative estimate of drug-likeness (QED) is 0.800. The Hall–Kier alpha value is -1.42. The molecule has 0 radical (unpaired) electrons. The topological polar surface area (TPSA) is 46.3 Å². The van der Waals surface area contributed by atoms with E-state index in [0.29, 0.717) is 30.9 Å². The minimum Gasteiger partial charge on any atom is -0.393 e. The molecule has 1 aromatic carbocycles. The van der Waals surface area contributed by atoms with Gasteiger partial charge in [0.15, 0.2) is 0 Å². The van der Waals surface area contributed by atoms with Crippen LogP contribution in [0.1, 0.15) is 24.5 Å². The van der Waals surface area contributed by atoms with Crippen LogP contribution in [0.4, 0.5) is 0 Å². The third-order valence-corrected chi connectivity index (χ3v) is 3.17. The van der Waals surface area contributed by atoms with Crippen molar-refractivity contribution in [3.63, 3.8) is 0 Å². The summed E-state index contributed by atoms with van der Waals surface area (Å²) < 4.78 is 0. The van der Waals surface area contributed by atoms with E-state index in [1.807, 2.05) is 38.1 Å². The highest BCUT2D eigenvalue weighted by atomic mass is 32.1. The van der Waals surface area contributed by atoms with Crippen LogP contribution >= 0.6 is 12.2 Å². The number of hydrogen-bond acceptors (Lipinski definition) is 2. The summed E-state index contributed by atoms with van der Waals surface area (Å²) in [4.78, 5) is 14.4. The highest BCUT2D eigenvalue weighted by Gasteiger charge is 2.13. The predicted octanol–water partition coefficient (Wildman–Crippen LogP) is 2.06. The fourth-order valence-electron chi connectivity index (χ4n) is 1.79. The third-order valence-electron chi connectivity index (χ3n) is 2.97. The molecule has 0 fully saturated rings. The van der Waals surface area contributed by atoms with Crippen molar-refractivity contribution in [3.05, 3.63) is 35.4 Å². The molecule has 3 nitrogen and oxygen atoms in total. The van der Waals surface area contributed by atoms with Gasteiger partial charge >= 0.3 is 0 Å². The molecular formula is C14H20N2OS. The van der Waals surface area contributed by atoms with Gasteiger partial charge in [-0.1, -0.05) is 36.5 Å². The average Bonchev–Trinajstić information content (AvgIpc) is 2.32. The van der Waals surface area contributed by atoms with Gasteiger partial charge in [-0.3, -0.25) is 4.79 Å². The summed E-state index contributed by atoms with van der Waals surface area (Å²) in [5, 5.41) is 0. The molecule has 0 saturated carbocycles. The number of benzene rings is 1.